The van der Waals surface area contributed by atoms with Crippen molar-refractivity contribution in [2.45, 2.75) is 26.3 Å². The van der Waals surface area contributed by atoms with Crippen LogP contribution < -0.4 is 5.32 Å². The molecule has 2 aromatic heterocycles. The molecule has 0 fully saturated rings. The number of hydrogen-bond acceptors (Lipinski definition) is 5. The number of rotatable bonds is 2. The highest BCUT2D eigenvalue weighted by molar-refractivity contribution is 7.09. The lowest BCUT2D eigenvalue weighted by Gasteiger charge is -2.18. The van der Waals surface area contributed by atoms with Crippen LogP contribution in [0.25, 0.3) is 22.4 Å². The van der Waals surface area contributed by atoms with Gasteiger partial charge in [0.1, 0.15) is 5.69 Å². The molecule has 0 spiro atoms. The molecule has 5 heteroatoms. The van der Waals surface area contributed by atoms with E-state index in [-0.39, 0.29) is 5.54 Å². The third-order valence-electron chi connectivity index (χ3n) is 2.74. The second kappa shape index (κ2) is 4.83. The first-order valence-corrected chi connectivity index (χ1v) is 7.27. The van der Waals surface area contributed by atoms with Gasteiger partial charge in [0, 0.05) is 22.5 Å². The second-order valence-corrected chi connectivity index (χ2v) is 6.44. The first-order valence-electron chi connectivity index (χ1n) is 6.49. The number of hydrogen-bond donors (Lipinski definition) is 1. The first-order chi connectivity index (χ1) is 9.51. The van der Waals surface area contributed by atoms with Gasteiger partial charge in [-0.2, -0.15) is 9.36 Å². The number of para-hydroxylation sites is 1. The van der Waals surface area contributed by atoms with Gasteiger partial charge in [-0.3, -0.25) is 0 Å². The Bertz CT molecular complexity index is 743. The maximum atomic E-state index is 4.61. The van der Waals surface area contributed by atoms with E-state index < -0.39 is 0 Å². The fraction of sp³-hybridized carbons (Fsp3) is 0.267. The van der Waals surface area contributed by atoms with Gasteiger partial charge in [0.15, 0.2) is 5.82 Å². The molecule has 0 amide bonds. The number of nitrogens with zero attached hydrogens (tertiary/aromatic N) is 3. The van der Waals surface area contributed by atoms with Crippen molar-refractivity contribution < 1.29 is 0 Å². The highest BCUT2D eigenvalue weighted by atomic mass is 32.1. The van der Waals surface area contributed by atoms with Gasteiger partial charge in [0.05, 0.1) is 5.52 Å². The quantitative estimate of drug-likeness (QED) is 0.773. The number of nitrogens with one attached hydrogen (secondary N) is 1. The molecule has 0 aliphatic carbocycles. The molecule has 0 saturated heterocycles. The molecule has 0 aliphatic rings. The molecule has 0 unspecified atom stereocenters. The molecule has 20 heavy (non-hydrogen) atoms. The number of pyridine rings is 1. The van der Waals surface area contributed by atoms with Gasteiger partial charge in [-0.25, -0.2) is 4.98 Å². The molecule has 0 atom stereocenters. The van der Waals surface area contributed by atoms with Crippen molar-refractivity contribution in [3.63, 3.8) is 0 Å². The summed E-state index contributed by atoms with van der Waals surface area (Å²) in [6, 6.07) is 12.1. The van der Waals surface area contributed by atoms with E-state index in [4.69, 9.17) is 0 Å². The lowest BCUT2D eigenvalue weighted by molar-refractivity contribution is 0.633. The van der Waals surface area contributed by atoms with Crippen molar-refractivity contribution >= 4 is 27.6 Å². The van der Waals surface area contributed by atoms with E-state index >= 15 is 0 Å². The maximum Gasteiger partial charge on any atom is 0.203 e. The zero-order chi connectivity index (χ0) is 14.2. The van der Waals surface area contributed by atoms with E-state index in [0.717, 1.165) is 21.7 Å². The van der Waals surface area contributed by atoms with Crippen LogP contribution in [0, 0.1) is 0 Å². The molecule has 0 aliphatic heterocycles. The average molecular weight is 284 g/mol. The van der Waals surface area contributed by atoms with Crippen LogP contribution in [0.4, 0.5) is 5.13 Å². The van der Waals surface area contributed by atoms with Crippen LogP contribution in [0.1, 0.15) is 20.8 Å². The van der Waals surface area contributed by atoms with Gasteiger partial charge in [-0.05, 0) is 32.9 Å². The van der Waals surface area contributed by atoms with Crippen LogP contribution in [0.3, 0.4) is 0 Å². The van der Waals surface area contributed by atoms with Crippen LogP contribution in [0.15, 0.2) is 36.4 Å². The Kier molecular flexibility index (Phi) is 3.14. The standard InChI is InChI=1S/C15H16N4S/c1-15(2,3)18-14-17-13(19-20-14)12-9-8-10-6-4-5-7-11(10)16-12/h4-9H,1-3H3,(H,17,18,19). The first kappa shape index (κ1) is 13.0. The smallest absolute Gasteiger partial charge is 0.203 e. The molecule has 102 valence electrons. The molecule has 0 radical (unpaired) electrons. The zero-order valence-electron chi connectivity index (χ0n) is 11.7. The van der Waals surface area contributed by atoms with Crippen molar-refractivity contribution in [1.82, 2.24) is 14.3 Å². The molecule has 1 N–H and O–H groups in total. The Labute approximate surface area is 122 Å². The van der Waals surface area contributed by atoms with Gasteiger partial charge in [-0.15, -0.1) is 0 Å². The minimum atomic E-state index is -0.0202. The van der Waals surface area contributed by atoms with E-state index in [9.17, 15) is 0 Å². The van der Waals surface area contributed by atoms with E-state index in [0.29, 0.717) is 5.82 Å². The minimum absolute atomic E-state index is 0.0202. The van der Waals surface area contributed by atoms with Crippen LogP contribution >= 0.6 is 11.5 Å². The summed E-state index contributed by atoms with van der Waals surface area (Å²) in [7, 11) is 0. The lowest BCUT2D eigenvalue weighted by atomic mass is 10.1. The normalized spacial score (nSPS) is 11.8. The number of aromatic nitrogens is 3. The fourth-order valence-electron chi connectivity index (χ4n) is 1.89. The predicted octanol–water partition coefficient (Wildman–Crippen LogP) is 3.96. The highest BCUT2D eigenvalue weighted by Crippen LogP contribution is 2.23. The molecule has 0 saturated carbocycles. The van der Waals surface area contributed by atoms with Crippen molar-refractivity contribution in [3.05, 3.63) is 36.4 Å². The van der Waals surface area contributed by atoms with Gasteiger partial charge in [0.2, 0.25) is 5.13 Å². The molecular formula is C15H16N4S. The van der Waals surface area contributed by atoms with Crippen LogP contribution in [0.5, 0.6) is 0 Å². The number of benzene rings is 1. The molecule has 0 bridgehead atoms. The van der Waals surface area contributed by atoms with Crippen molar-refractivity contribution in [2.75, 3.05) is 5.32 Å². The topological polar surface area (TPSA) is 50.7 Å². The second-order valence-electron chi connectivity index (χ2n) is 5.69. The summed E-state index contributed by atoms with van der Waals surface area (Å²) >= 11 is 1.36. The van der Waals surface area contributed by atoms with E-state index in [2.05, 4.69) is 46.5 Å². The Balaban J connectivity index is 1.95. The number of fused-ring (bicyclic) bond motifs is 1. The van der Waals surface area contributed by atoms with Crippen LogP contribution in [-0.2, 0) is 0 Å². The number of anilines is 1. The van der Waals surface area contributed by atoms with E-state index in [1.165, 1.54) is 11.5 Å². The van der Waals surface area contributed by atoms with Crippen LogP contribution in [0.2, 0.25) is 0 Å². The molecular weight excluding hydrogens is 268 g/mol. The summed E-state index contributed by atoms with van der Waals surface area (Å²) < 4.78 is 4.38. The summed E-state index contributed by atoms with van der Waals surface area (Å²) in [6.07, 6.45) is 0. The minimum Gasteiger partial charge on any atom is -0.356 e. The zero-order valence-corrected chi connectivity index (χ0v) is 12.5. The van der Waals surface area contributed by atoms with Crippen molar-refractivity contribution in [1.29, 1.82) is 0 Å². The van der Waals surface area contributed by atoms with Gasteiger partial charge in [0.25, 0.3) is 0 Å². The van der Waals surface area contributed by atoms with E-state index in [1.54, 1.807) is 0 Å². The van der Waals surface area contributed by atoms with E-state index in [1.807, 2.05) is 30.3 Å². The fourth-order valence-corrected chi connectivity index (χ4v) is 2.68. The third kappa shape index (κ3) is 2.77. The highest BCUT2D eigenvalue weighted by Gasteiger charge is 2.14. The van der Waals surface area contributed by atoms with Crippen LogP contribution in [-0.4, -0.2) is 19.9 Å². The summed E-state index contributed by atoms with van der Waals surface area (Å²) in [6.45, 7) is 6.30. The molecule has 3 aromatic rings. The van der Waals surface area contributed by atoms with Gasteiger partial charge in [-0.1, -0.05) is 24.3 Å². The third-order valence-corrected chi connectivity index (χ3v) is 3.37. The van der Waals surface area contributed by atoms with Crippen molar-refractivity contribution in [2.24, 2.45) is 0 Å². The monoisotopic (exact) mass is 284 g/mol. The SMILES string of the molecule is CC(C)(C)Nc1nc(-c2ccc3ccccc3n2)ns1. The Morgan fingerprint density at radius 3 is 2.60 bits per heavy atom. The summed E-state index contributed by atoms with van der Waals surface area (Å²) in [5, 5.41) is 5.27. The molecule has 1 aromatic carbocycles. The molecule has 4 nitrogen and oxygen atoms in total. The maximum absolute atomic E-state index is 4.61. The Hall–Kier alpha value is -2.01. The van der Waals surface area contributed by atoms with Gasteiger partial charge >= 0.3 is 0 Å². The summed E-state index contributed by atoms with van der Waals surface area (Å²) in [5.41, 5.74) is 1.75. The lowest BCUT2D eigenvalue weighted by Crippen LogP contribution is -2.25. The Morgan fingerprint density at radius 2 is 1.80 bits per heavy atom. The molecule has 3 rings (SSSR count). The summed E-state index contributed by atoms with van der Waals surface area (Å²) in [5.74, 6) is 0.674. The average Bonchev–Trinajstić information content (AvgIpc) is 2.84. The molecule has 2 heterocycles. The van der Waals surface area contributed by atoms with Crippen molar-refractivity contribution in [3.8, 4) is 11.5 Å². The summed E-state index contributed by atoms with van der Waals surface area (Å²) in [4.78, 5) is 9.12. The van der Waals surface area contributed by atoms with Gasteiger partial charge < -0.3 is 5.32 Å². The Morgan fingerprint density at radius 1 is 1.00 bits per heavy atom. The largest absolute Gasteiger partial charge is 0.356 e. The predicted molar refractivity (Wildman–Crippen MR) is 84.0 cm³/mol.